The minimum atomic E-state index is -0.591. The van der Waals surface area contributed by atoms with Gasteiger partial charge in [0.25, 0.3) is 0 Å². The molecular formula is C24H21ClNP. The van der Waals surface area contributed by atoms with Crippen LogP contribution < -0.4 is 15.9 Å². The molecule has 1 heterocycles. The molecule has 0 radical (unpaired) electrons. The molecule has 1 aromatic heterocycles. The minimum Gasteiger partial charge on any atom is -0.261 e. The minimum absolute atomic E-state index is 0. The highest BCUT2D eigenvalue weighted by Crippen LogP contribution is 2.34. The molecule has 3 heteroatoms. The number of nitrogens with zero attached hydrogens (tertiary/aromatic N) is 1. The first kappa shape index (κ1) is 19.3. The Kier molecular flexibility index (Phi) is 6.76. The summed E-state index contributed by atoms with van der Waals surface area (Å²) in [5, 5.41) is 4.16. The Morgan fingerprint density at radius 2 is 1.15 bits per heavy atom. The maximum absolute atomic E-state index is 4.53. The van der Waals surface area contributed by atoms with E-state index in [0.29, 0.717) is 0 Å². The van der Waals surface area contributed by atoms with Gasteiger partial charge < -0.3 is 0 Å². The lowest BCUT2D eigenvalue weighted by Crippen LogP contribution is -2.23. The van der Waals surface area contributed by atoms with E-state index in [1.807, 2.05) is 12.3 Å². The number of benzene rings is 3. The predicted molar refractivity (Wildman–Crippen MR) is 119 cm³/mol. The number of rotatable bonds is 5. The Labute approximate surface area is 168 Å². The SMILES string of the molecule is Cl.c1ccc(P(c2ccccc2)c2ccccc2Cc2ccccn2)cc1. The van der Waals surface area contributed by atoms with Gasteiger partial charge in [0.05, 0.1) is 0 Å². The molecule has 0 N–H and O–H groups in total. The molecule has 3 aromatic carbocycles. The molecule has 4 rings (SSSR count). The van der Waals surface area contributed by atoms with Gasteiger partial charge in [0.1, 0.15) is 0 Å². The smallest absolute Gasteiger partial charge is 0.0447 e. The molecule has 0 atom stereocenters. The van der Waals surface area contributed by atoms with Gasteiger partial charge in [-0.2, -0.15) is 0 Å². The van der Waals surface area contributed by atoms with E-state index >= 15 is 0 Å². The molecule has 0 fully saturated rings. The Balaban J connectivity index is 0.00000210. The molecule has 4 aromatic rings. The van der Waals surface area contributed by atoms with Crippen LogP contribution in [0.25, 0.3) is 0 Å². The lowest BCUT2D eigenvalue weighted by Gasteiger charge is -2.22. The van der Waals surface area contributed by atoms with Crippen LogP contribution in [0.3, 0.4) is 0 Å². The third-order valence-electron chi connectivity index (χ3n) is 4.36. The van der Waals surface area contributed by atoms with Crippen molar-refractivity contribution >= 4 is 36.2 Å². The molecule has 27 heavy (non-hydrogen) atoms. The lowest BCUT2D eigenvalue weighted by atomic mass is 10.1. The van der Waals surface area contributed by atoms with E-state index in [1.54, 1.807) is 0 Å². The zero-order chi connectivity index (χ0) is 17.6. The Morgan fingerprint density at radius 3 is 1.74 bits per heavy atom. The van der Waals surface area contributed by atoms with E-state index in [2.05, 4.69) is 102 Å². The van der Waals surface area contributed by atoms with Gasteiger partial charge in [-0.05, 0) is 41.5 Å². The average molecular weight is 390 g/mol. The van der Waals surface area contributed by atoms with Gasteiger partial charge in [0.2, 0.25) is 0 Å². The highest BCUT2D eigenvalue weighted by atomic mass is 35.5. The summed E-state index contributed by atoms with van der Waals surface area (Å²) in [5.41, 5.74) is 2.46. The van der Waals surface area contributed by atoms with Crippen LogP contribution in [0.4, 0.5) is 0 Å². The average Bonchev–Trinajstić information content (AvgIpc) is 2.72. The molecule has 0 amide bonds. The molecule has 1 nitrogen and oxygen atoms in total. The van der Waals surface area contributed by atoms with Crippen LogP contribution in [-0.4, -0.2) is 4.98 Å². The molecule has 0 spiro atoms. The summed E-state index contributed by atoms with van der Waals surface area (Å²) in [6.07, 6.45) is 2.73. The van der Waals surface area contributed by atoms with E-state index in [4.69, 9.17) is 0 Å². The fourth-order valence-electron chi connectivity index (χ4n) is 3.16. The highest BCUT2D eigenvalue weighted by Gasteiger charge is 2.19. The van der Waals surface area contributed by atoms with Crippen molar-refractivity contribution in [3.05, 3.63) is 121 Å². The highest BCUT2D eigenvalue weighted by molar-refractivity contribution is 7.79. The molecule has 0 aliphatic carbocycles. The van der Waals surface area contributed by atoms with Crippen LogP contribution in [0.2, 0.25) is 0 Å². The van der Waals surface area contributed by atoms with Crippen molar-refractivity contribution in [1.82, 2.24) is 4.98 Å². The van der Waals surface area contributed by atoms with Crippen LogP contribution in [0.15, 0.2) is 109 Å². The Morgan fingerprint density at radius 1 is 0.593 bits per heavy atom. The summed E-state index contributed by atoms with van der Waals surface area (Å²) in [6.45, 7) is 0. The summed E-state index contributed by atoms with van der Waals surface area (Å²) >= 11 is 0. The Bertz CT molecular complexity index is 920. The first-order valence-electron chi connectivity index (χ1n) is 8.80. The normalized spacial score (nSPS) is 10.4. The van der Waals surface area contributed by atoms with Gasteiger partial charge >= 0.3 is 0 Å². The molecule has 0 aliphatic rings. The van der Waals surface area contributed by atoms with Crippen LogP contribution in [0.5, 0.6) is 0 Å². The third-order valence-corrected chi connectivity index (χ3v) is 6.91. The second-order valence-corrected chi connectivity index (χ2v) is 8.32. The first-order chi connectivity index (χ1) is 12.9. The quantitative estimate of drug-likeness (QED) is 0.444. The third kappa shape index (κ3) is 4.63. The molecule has 0 saturated heterocycles. The zero-order valence-electron chi connectivity index (χ0n) is 14.9. The Hall–Kier alpha value is -2.47. The van der Waals surface area contributed by atoms with Crippen LogP contribution in [0, 0.1) is 0 Å². The molecular weight excluding hydrogens is 369 g/mol. The number of aromatic nitrogens is 1. The molecule has 0 saturated carbocycles. The number of hydrogen-bond acceptors (Lipinski definition) is 1. The van der Waals surface area contributed by atoms with Gasteiger partial charge in [-0.3, -0.25) is 4.98 Å². The van der Waals surface area contributed by atoms with Crippen molar-refractivity contribution in [3.63, 3.8) is 0 Å². The largest absolute Gasteiger partial charge is 0.261 e. The van der Waals surface area contributed by atoms with Gasteiger partial charge in [0.15, 0.2) is 0 Å². The van der Waals surface area contributed by atoms with E-state index < -0.39 is 7.92 Å². The van der Waals surface area contributed by atoms with Gasteiger partial charge in [-0.1, -0.05) is 91.0 Å². The fraction of sp³-hybridized carbons (Fsp3) is 0.0417. The van der Waals surface area contributed by atoms with E-state index in [0.717, 1.165) is 12.1 Å². The lowest BCUT2D eigenvalue weighted by molar-refractivity contribution is 1.08. The first-order valence-corrected chi connectivity index (χ1v) is 10.1. The van der Waals surface area contributed by atoms with Crippen molar-refractivity contribution in [2.24, 2.45) is 0 Å². The second kappa shape index (κ2) is 9.46. The van der Waals surface area contributed by atoms with Crippen molar-refractivity contribution in [2.45, 2.75) is 6.42 Å². The molecule has 134 valence electrons. The maximum atomic E-state index is 4.53. The number of hydrogen-bond donors (Lipinski definition) is 0. The van der Waals surface area contributed by atoms with Crippen molar-refractivity contribution in [3.8, 4) is 0 Å². The summed E-state index contributed by atoms with van der Waals surface area (Å²) in [7, 11) is -0.591. The zero-order valence-corrected chi connectivity index (χ0v) is 16.6. The van der Waals surface area contributed by atoms with Gasteiger partial charge in [-0.25, -0.2) is 0 Å². The monoisotopic (exact) mass is 389 g/mol. The topological polar surface area (TPSA) is 12.9 Å². The van der Waals surface area contributed by atoms with E-state index in [-0.39, 0.29) is 12.4 Å². The molecule has 0 unspecified atom stereocenters. The predicted octanol–water partition coefficient (Wildman–Crippen LogP) is 4.85. The van der Waals surface area contributed by atoms with Gasteiger partial charge in [0, 0.05) is 18.3 Å². The molecule has 0 aliphatic heterocycles. The summed E-state index contributed by atoms with van der Waals surface area (Å²) < 4.78 is 0. The number of pyridine rings is 1. The van der Waals surface area contributed by atoms with Gasteiger partial charge in [-0.15, -0.1) is 12.4 Å². The van der Waals surface area contributed by atoms with Crippen LogP contribution in [0.1, 0.15) is 11.3 Å². The molecule has 0 bridgehead atoms. The van der Waals surface area contributed by atoms with Crippen LogP contribution >= 0.6 is 20.3 Å². The van der Waals surface area contributed by atoms with Crippen molar-refractivity contribution < 1.29 is 0 Å². The standard InChI is InChI=1S/C24H20NP.ClH/c1-3-13-22(14-4-1)26(23-15-5-2-6-16-23)24-17-8-7-11-20(24)19-21-12-9-10-18-25-21;/h1-18H,19H2;1H. The van der Waals surface area contributed by atoms with E-state index in [1.165, 1.54) is 21.5 Å². The van der Waals surface area contributed by atoms with Crippen molar-refractivity contribution in [1.29, 1.82) is 0 Å². The summed E-state index contributed by atoms with van der Waals surface area (Å²) in [6, 6.07) is 36.6. The second-order valence-electron chi connectivity index (χ2n) is 6.13. The number of halogens is 1. The maximum Gasteiger partial charge on any atom is 0.0447 e. The van der Waals surface area contributed by atoms with Crippen molar-refractivity contribution in [2.75, 3.05) is 0 Å². The van der Waals surface area contributed by atoms with E-state index in [9.17, 15) is 0 Å². The van der Waals surface area contributed by atoms with Crippen LogP contribution in [-0.2, 0) is 6.42 Å². The summed E-state index contributed by atoms with van der Waals surface area (Å²) in [5.74, 6) is 0. The fourth-order valence-corrected chi connectivity index (χ4v) is 5.63. The summed E-state index contributed by atoms with van der Waals surface area (Å²) in [4.78, 5) is 4.53.